The minimum atomic E-state index is -4.81. The molecule has 11 heteroatoms. The normalized spacial score (nSPS) is 21.5. The van der Waals surface area contributed by atoms with Crippen molar-refractivity contribution in [1.82, 2.24) is 14.9 Å². The second-order valence-electron chi connectivity index (χ2n) is 6.10. The minimum Gasteiger partial charge on any atom is -0.482 e. The fraction of sp³-hybridized carbons (Fsp3) is 0.438. The highest BCUT2D eigenvalue weighted by molar-refractivity contribution is 5.92. The van der Waals surface area contributed by atoms with E-state index in [2.05, 4.69) is 14.7 Å². The molecule has 2 aromatic rings. The number of oxazole rings is 1. The summed E-state index contributed by atoms with van der Waals surface area (Å²) in [4.78, 5) is 21.8. The van der Waals surface area contributed by atoms with Crippen LogP contribution >= 0.6 is 0 Å². The first-order valence-corrected chi connectivity index (χ1v) is 8.09. The van der Waals surface area contributed by atoms with Crippen molar-refractivity contribution in [3.05, 3.63) is 36.2 Å². The molecule has 2 atom stereocenters. The van der Waals surface area contributed by atoms with Crippen molar-refractivity contribution in [1.29, 1.82) is 0 Å². The van der Waals surface area contributed by atoms with Gasteiger partial charge in [-0.1, -0.05) is 0 Å². The van der Waals surface area contributed by atoms with E-state index in [4.69, 9.17) is 13.9 Å². The van der Waals surface area contributed by atoms with Crippen molar-refractivity contribution in [2.75, 3.05) is 13.2 Å². The number of halogens is 3. The van der Waals surface area contributed by atoms with E-state index in [1.165, 1.54) is 12.3 Å². The lowest BCUT2D eigenvalue weighted by Crippen LogP contribution is -2.41. The minimum absolute atomic E-state index is 0.0717. The van der Waals surface area contributed by atoms with Gasteiger partial charge in [-0.05, 0) is 12.5 Å². The zero-order valence-electron chi connectivity index (χ0n) is 13.8. The number of amides is 1. The molecule has 8 nitrogen and oxygen atoms in total. The van der Waals surface area contributed by atoms with Crippen molar-refractivity contribution >= 4 is 5.91 Å². The summed E-state index contributed by atoms with van der Waals surface area (Å²) in [6.45, 7) is 0.967. The first kappa shape index (κ1) is 17.6. The molecule has 0 saturated carbocycles. The number of rotatable bonds is 5. The third-order valence-corrected chi connectivity index (χ3v) is 4.22. The number of aromatic nitrogens is 2. The summed E-state index contributed by atoms with van der Waals surface area (Å²) in [5.41, 5.74) is 0.174. The molecule has 2 fully saturated rings. The maximum absolute atomic E-state index is 12.5. The van der Waals surface area contributed by atoms with Crippen LogP contribution in [0.15, 0.2) is 29.0 Å². The highest BCUT2D eigenvalue weighted by atomic mass is 19.4. The Bertz CT molecular complexity index is 823. The molecule has 1 amide bonds. The first-order valence-electron chi connectivity index (χ1n) is 8.09. The van der Waals surface area contributed by atoms with Gasteiger partial charge >= 0.3 is 6.36 Å². The largest absolute Gasteiger partial charge is 0.574 e. The van der Waals surface area contributed by atoms with Gasteiger partial charge in [-0.25, -0.2) is 9.97 Å². The Morgan fingerprint density at radius 3 is 2.85 bits per heavy atom. The van der Waals surface area contributed by atoms with Gasteiger partial charge < -0.3 is 23.5 Å². The van der Waals surface area contributed by atoms with Crippen LogP contribution in [0.25, 0.3) is 0 Å². The molecule has 0 radical (unpaired) electrons. The smallest absolute Gasteiger partial charge is 0.482 e. The van der Waals surface area contributed by atoms with Crippen LogP contribution in [-0.4, -0.2) is 52.4 Å². The number of likely N-dealkylation sites (tertiary alicyclic amines) is 1. The van der Waals surface area contributed by atoms with E-state index in [0.29, 0.717) is 13.2 Å². The van der Waals surface area contributed by atoms with Crippen LogP contribution in [-0.2, 0) is 11.3 Å². The van der Waals surface area contributed by atoms with Crippen LogP contribution in [0, 0.1) is 0 Å². The van der Waals surface area contributed by atoms with Crippen LogP contribution in [0.4, 0.5) is 13.2 Å². The topological polar surface area (TPSA) is 86.9 Å². The molecule has 144 valence electrons. The zero-order chi connectivity index (χ0) is 19.0. The number of carbonyl (C=O) groups excluding carboxylic acids is 1. The maximum Gasteiger partial charge on any atom is 0.574 e. The predicted octanol–water partition coefficient (Wildman–Crippen LogP) is 2.16. The highest BCUT2D eigenvalue weighted by Gasteiger charge is 2.42. The van der Waals surface area contributed by atoms with Crippen molar-refractivity contribution in [2.24, 2.45) is 0 Å². The lowest BCUT2D eigenvalue weighted by molar-refractivity contribution is -0.276. The average molecular weight is 385 g/mol. The van der Waals surface area contributed by atoms with Gasteiger partial charge in [-0.3, -0.25) is 4.79 Å². The van der Waals surface area contributed by atoms with E-state index in [1.54, 1.807) is 4.90 Å². The molecule has 2 bridgehead atoms. The van der Waals surface area contributed by atoms with Crippen molar-refractivity contribution in [3.8, 4) is 11.6 Å². The van der Waals surface area contributed by atoms with E-state index in [9.17, 15) is 18.0 Å². The summed E-state index contributed by atoms with van der Waals surface area (Å²) in [6, 6.07) is 2.37. The molecule has 4 rings (SSSR count). The van der Waals surface area contributed by atoms with Gasteiger partial charge in [-0.2, -0.15) is 0 Å². The molecule has 2 aliphatic rings. The summed E-state index contributed by atoms with van der Waals surface area (Å²) in [5.74, 6) is -0.460. The molecule has 2 saturated heterocycles. The summed E-state index contributed by atoms with van der Waals surface area (Å²) in [5, 5.41) is 0. The quantitative estimate of drug-likeness (QED) is 0.780. The van der Waals surface area contributed by atoms with Gasteiger partial charge in [0.1, 0.15) is 12.0 Å². The predicted molar refractivity (Wildman–Crippen MR) is 80.9 cm³/mol. The van der Waals surface area contributed by atoms with E-state index in [0.717, 1.165) is 18.7 Å². The Balaban J connectivity index is 1.32. The van der Waals surface area contributed by atoms with E-state index < -0.39 is 12.2 Å². The Hall–Kier alpha value is -2.82. The van der Waals surface area contributed by atoms with E-state index >= 15 is 0 Å². The van der Waals surface area contributed by atoms with Crippen molar-refractivity contribution in [3.63, 3.8) is 0 Å². The van der Waals surface area contributed by atoms with Gasteiger partial charge in [0.15, 0.2) is 12.3 Å². The Labute approximate surface area is 150 Å². The molecule has 2 aliphatic heterocycles. The Kier molecular flexibility index (Phi) is 4.38. The number of carbonyl (C=O) groups is 1. The maximum atomic E-state index is 12.5. The van der Waals surface area contributed by atoms with Crippen LogP contribution in [0.2, 0.25) is 0 Å². The SMILES string of the molecule is O=C(c1coc(COc2ccc(OC(F)(F)F)nc2)n1)N1C[C@@H]2C[C@H]1CO2. The molecule has 0 aliphatic carbocycles. The number of ether oxygens (including phenoxy) is 3. The summed E-state index contributed by atoms with van der Waals surface area (Å²) in [7, 11) is 0. The lowest BCUT2D eigenvalue weighted by Gasteiger charge is -2.25. The fourth-order valence-electron chi connectivity index (χ4n) is 3.05. The van der Waals surface area contributed by atoms with Gasteiger partial charge in [-0.15, -0.1) is 13.2 Å². The first-order chi connectivity index (χ1) is 12.9. The number of pyridine rings is 1. The third-order valence-electron chi connectivity index (χ3n) is 4.22. The number of nitrogens with zero attached hydrogens (tertiary/aromatic N) is 3. The second kappa shape index (κ2) is 6.72. The number of hydrogen-bond donors (Lipinski definition) is 0. The zero-order valence-corrected chi connectivity index (χ0v) is 13.8. The van der Waals surface area contributed by atoms with Crippen LogP contribution < -0.4 is 9.47 Å². The molecule has 27 heavy (non-hydrogen) atoms. The molecular weight excluding hydrogens is 371 g/mol. The molecule has 0 N–H and O–H groups in total. The van der Waals surface area contributed by atoms with Gasteiger partial charge in [0.05, 0.1) is 24.9 Å². The van der Waals surface area contributed by atoms with Crippen molar-refractivity contribution in [2.45, 2.75) is 31.5 Å². The third kappa shape index (κ3) is 3.97. The molecule has 0 aromatic carbocycles. The van der Waals surface area contributed by atoms with Gasteiger partial charge in [0.2, 0.25) is 11.8 Å². The van der Waals surface area contributed by atoms with Gasteiger partial charge in [0, 0.05) is 12.6 Å². The van der Waals surface area contributed by atoms with Gasteiger partial charge in [0.25, 0.3) is 5.91 Å². The number of alkyl halides is 3. The molecule has 0 unspecified atom stereocenters. The summed E-state index contributed by atoms with van der Waals surface area (Å²) >= 11 is 0. The number of hydrogen-bond acceptors (Lipinski definition) is 7. The molecule has 2 aromatic heterocycles. The number of fused-ring (bicyclic) bond motifs is 2. The fourth-order valence-corrected chi connectivity index (χ4v) is 3.05. The van der Waals surface area contributed by atoms with Crippen LogP contribution in [0.1, 0.15) is 22.8 Å². The van der Waals surface area contributed by atoms with E-state index in [1.807, 2.05) is 0 Å². The molecular formula is C16H14F3N3O5. The monoisotopic (exact) mass is 385 g/mol. The highest BCUT2D eigenvalue weighted by Crippen LogP contribution is 2.29. The Morgan fingerprint density at radius 2 is 2.22 bits per heavy atom. The molecule has 4 heterocycles. The second-order valence-corrected chi connectivity index (χ2v) is 6.10. The van der Waals surface area contributed by atoms with Crippen LogP contribution in [0.5, 0.6) is 11.6 Å². The number of morpholine rings is 1. The standard InChI is InChI=1S/C16H14F3N3O5/c17-16(18,19)27-13-2-1-10(4-20-13)25-8-14-21-12(7-26-14)15(23)22-5-11-3-9(22)6-24-11/h1-2,4,7,9,11H,3,5-6,8H2/t9-,11-/m0/s1. The summed E-state index contributed by atoms with van der Waals surface area (Å²) < 4.78 is 56.0. The van der Waals surface area contributed by atoms with Crippen LogP contribution in [0.3, 0.4) is 0 Å². The Morgan fingerprint density at radius 1 is 1.37 bits per heavy atom. The van der Waals surface area contributed by atoms with E-state index in [-0.39, 0.29) is 42.0 Å². The average Bonchev–Trinajstić information content (AvgIpc) is 3.36. The lowest BCUT2D eigenvalue weighted by atomic mass is 10.2. The molecule has 0 spiro atoms. The van der Waals surface area contributed by atoms with Crippen molar-refractivity contribution < 1.29 is 36.6 Å². The summed E-state index contributed by atoms with van der Waals surface area (Å²) in [6.07, 6.45) is -1.55.